The lowest BCUT2D eigenvalue weighted by atomic mass is 9.75. The van der Waals surface area contributed by atoms with Gasteiger partial charge in [0.15, 0.2) is 11.6 Å². The molecule has 0 saturated carbocycles. The zero-order chi connectivity index (χ0) is 14.0. The van der Waals surface area contributed by atoms with Gasteiger partial charge >= 0.3 is 0 Å². The van der Waals surface area contributed by atoms with Crippen molar-refractivity contribution < 1.29 is 19.1 Å². The van der Waals surface area contributed by atoms with E-state index >= 15 is 0 Å². The summed E-state index contributed by atoms with van der Waals surface area (Å²) in [7, 11) is 2.80. The zero-order valence-electron chi connectivity index (χ0n) is 11.4. The molecule has 102 valence electrons. The average Bonchev–Trinajstić information content (AvgIpc) is 2.44. The van der Waals surface area contributed by atoms with Crippen molar-refractivity contribution in [1.29, 1.82) is 0 Å². The van der Waals surface area contributed by atoms with Crippen molar-refractivity contribution in [3.05, 3.63) is 35.4 Å². The number of benzene rings is 1. The minimum atomic E-state index is -0.966. The molecule has 0 aromatic heterocycles. The van der Waals surface area contributed by atoms with Crippen molar-refractivity contribution in [3.63, 3.8) is 0 Å². The van der Waals surface area contributed by atoms with Crippen molar-refractivity contribution in [2.45, 2.75) is 25.6 Å². The van der Waals surface area contributed by atoms with Crippen LogP contribution in [0, 0.1) is 5.92 Å². The number of ether oxygens (including phenoxy) is 2. The molecular formula is C15H18O4. The van der Waals surface area contributed by atoms with E-state index in [1.165, 1.54) is 14.2 Å². The molecule has 0 saturated heterocycles. The van der Waals surface area contributed by atoms with E-state index in [9.17, 15) is 9.59 Å². The van der Waals surface area contributed by atoms with Gasteiger partial charge in [0, 0.05) is 19.8 Å². The Morgan fingerprint density at radius 3 is 2.53 bits per heavy atom. The second-order valence-electron chi connectivity index (χ2n) is 4.85. The van der Waals surface area contributed by atoms with Crippen LogP contribution in [0.5, 0.6) is 0 Å². The normalized spacial score (nSPS) is 22.4. The molecule has 1 aliphatic rings. The molecule has 19 heavy (non-hydrogen) atoms. The lowest BCUT2D eigenvalue weighted by Crippen LogP contribution is -2.38. The van der Waals surface area contributed by atoms with Gasteiger partial charge in [-0.2, -0.15) is 0 Å². The summed E-state index contributed by atoms with van der Waals surface area (Å²) in [4.78, 5) is 24.7. The Hall–Kier alpha value is -1.52. The minimum absolute atomic E-state index is 0.127. The Balaban J connectivity index is 2.32. The smallest absolute Gasteiger partial charge is 0.218 e. The molecule has 0 spiro atoms. The predicted octanol–water partition coefficient (Wildman–Crippen LogP) is 2.18. The molecule has 0 radical (unpaired) electrons. The van der Waals surface area contributed by atoms with E-state index in [0.717, 1.165) is 5.56 Å². The largest absolute Gasteiger partial charge is 0.349 e. The molecule has 0 heterocycles. The number of hydrogen-bond acceptors (Lipinski definition) is 4. The molecule has 2 atom stereocenters. The molecule has 1 aromatic carbocycles. The number of rotatable bonds is 4. The minimum Gasteiger partial charge on any atom is -0.349 e. The Labute approximate surface area is 112 Å². The number of carbonyl (C=O) groups excluding carboxylic acids is 2. The van der Waals surface area contributed by atoms with Crippen LogP contribution < -0.4 is 0 Å². The molecule has 0 N–H and O–H groups in total. The summed E-state index contributed by atoms with van der Waals surface area (Å²) in [6, 6.07) is 7.46. The van der Waals surface area contributed by atoms with Gasteiger partial charge in [0.2, 0.25) is 6.29 Å². The van der Waals surface area contributed by atoms with Gasteiger partial charge in [0.1, 0.15) is 0 Å². The van der Waals surface area contributed by atoms with Crippen LogP contribution in [-0.2, 0) is 14.3 Å². The van der Waals surface area contributed by atoms with Gasteiger partial charge < -0.3 is 9.47 Å². The summed E-state index contributed by atoms with van der Waals surface area (Å²) in [5.74, 6) is -0.916. The third-order valence-corrected chi connectivity index (χ3v) is 3.67. The highest BCUT2D eigenvalue weighted by Gasteiger charge is 2.39. The van der Waals surface area contributed by atoms with E-state index in [4.69, 9.17) is 9.47 Å². The van der Waals surface area contributed by atoms with Crippen molar-refractivity contribution in [2.75, 3.05) is 14.2 Å². The van der Waals surface area contributed by atoms with Crippen molar-refractivity contribution >= 4 is 11.6 Å². The highest BCUT2D eigenvalue weighted by Crippen LogP contribution is 2.35. The van der Waals surface area contributed by atoms with Crippen LogP contribution in [0.4, 0.5) is 0 Å². The Bertz CT molecular complexity index is 491. The van der Waals surface area contributed by atoms with E-state index in [1.807, 2.05) is 25.1 Å². The Kier molecular flexibility index (Phi) is 4.12. The summed E-state index contributed by atoms with van der Waals surface area (Å²) >= 11 is 0. The van der Waals surface area contributed by atoms with Gasteiger partial charge in [0.25, 0.3) is 0 Å². The standard InChI is InChI=1S/C15H18O4/c1-9-8-12(14(17)15(18-2)19-3)13(16)11-7-5-4-6-10(9)11/h4-7,9,12,15H,8H2,1-3H3. The molecule has 4 nitrogen and oxygen atoms in total. The first kappa shape index (κ1) is 13.9. The number of Topliss-reactive ketones (excluding diaryl/α,β-unsaturated/α-hetero) is 2. The first-order valence-corrected chi connectivity index (χ1v) is 6.32. The van der Waals surface area contributed by atoms with Crippen LogP contribution >= 0.6 is 0 Å². The molecule has 0 fully saturated rings. The van der Waals surface area contributed by atoms with Crippen LogP contribution in [0.2, 0.25) is 0 Å². The fourth-order valence-corrected chi connectivity index (χ4v) is 2.66. The fraction of sp³-hybridized carbons (Fsp3) is 0.467. The third kappa shape index (κ3) is 2.46. The zero-order valence-corrected chi connectivity index (χ0v) is 11.4. The summed E-state index contributed by atoms with van der Waals surface area (Å²) in [6.45, 7) is 2.03. The molecule has 2 rings (SSSR count). The third-order valence-electron chi connectivity index (χ3n) is 3.67. The monoisotopic (exact) mass is 262 g/mol. The number of carbonyl (C=O) groups is 2. The van der Waals surface area contributed by atoms with Gasteiger partial charge in [-0.1, -0.05) is 31.2 Å². The molecule has 2 unspecified atom stereocenters. The van der Waals surface area contributed by atoms with E-state index in [2.05, 4.69) is 0 Å². The Morgan fingerprint density at radius 2 is 1.89 bits per heavy atom. The summed E-state index contributed by atoms with van der Waals surface area (Å²) in [5.41, 5.74) is 1.66. The summed E-state index contributed by atoms with van der Waals surface area (Å²) in [5, 5.41) is 0. The topological polar surface area (TPSA) is 52.6 Å². The quantitative estimate of drug-likeness (QED) is 0.616. The average molecular weight is 262 g/mol. The van der Waals surface area contributed by atoms with Gasteiger partial charge in [-0.15, -0.1) is 0 Å². The second-order valence-corrected chi connectivity index (χ2v) is 4.85. The van der Waals surface area contributed by atoms with Crippen molar-refractivity contribution in [3.8, 4) is 0 Å². The first-order valence-electron chi connectivity index (χ1n) is 6.32. The van der Waals surface area contributed by atoms with E-state index < -0.39 is 12.2 Å². The van der Waals surface area contributed by atoms with Crippen LogP contribution in [0.1, 0.15) is 35.2 Å². The summed E-state index contributed by atoms with van der Waals surface area (Å²) in [6.07, 6.45) is -0.454. The SMILES string of the molecule is COC(OC)C(=O)C1CC(C)c2ccccc2C1=O. The van der Waals surface area contributed by atoms with Crippen LogP contribution in [-0.4, -0.2) is 32.1 Å². The number of fused-ring (bicyclic) bond motifs is 1. The van der Waals surface area contributed by atoms with Crippen LogP contribution in [0.25, 0.3) is 0 Å². The van der Waals surface area contributed by atoms with Gasteiger partial charge in [0.05, 0.1) is 5.92 Å². The van der Waals surface area contributed by atoms with E-state index in [1.54, 1.807) is 6.07 Å². The van der Waals surface area contributed by atoms with Crippen molar-refractivity contribution in [2.24, 2.45) is 5.92 Å². The molecule has 4 heteroatoms. The van der Waals surface area contributed by atoms with Crippen molar-refractivity contribution in [1.82, 2.24) is 0 Å². The highest BCUT2D eigenvalue weighted by molar-refractivity contribution is 6.13. The number of hydrogen-bond donors (Lipinski definition) is 0. The highest BCUT2D eigenvalue weighted by atomic mass is 16.7. The molecule has 1 aromatic rings. The first-order chi connectivity index (χ1) is 9.10. The second kappa shape index (κ2) is 5.63. The maximum Gasteiger partial charge on any atom is 0.218 e. The number of methoxy groups -OCH3 is 2. The fourth-order valence-electron chi connectivity index (χ4n) is 2.66. The molecule has 0 amide bonds. The molecule has 0 bridgehead atoms. The van der Waals surface area contributed by atoms with Gasteiger partial charge in [-0.05, 0) is 17.9 Å². The summed E-state index contributed by atoms with van der Waals surface area (Å²) < 4.78 is 9.92. The molecule has 0 aliphatic heterocycles. The van der Waals surface area contributed by atoms with Crippen LogP contribution in [0.15, 0.2) is 24.3 Å². The van der Waals surface area contributed by atoms with Gasteiger partial charge in [-0.3, -0.25) is 9.59 Å². The lowest BCUT2D eigenvalue weighted by molar-refractivity contribution is -0.159. The molecule has 1 aliphatic carbocycles. The lowest BCUT2D eigenvalue weighted by Gasteiger charge is -2.28. The Morgan fingerprint density at radius 1 is 1.26 bits per heavy atom. The van der Waals surface area contributed by atoms with Crippen LogP contribution in [0.3, 0.4) is 0 Å². The van der Waals surface area contributed by atoms with E-state index in [0.29, 0.717) is 12.0 Å². The maximum atomic E-state index is 12.4. The van der Waals surface area contributed by atoms with Gasteiger partial charge in [-0.25, -0.2) is 0 Å². The van der Waals surface area contributed by atoms with E-state index in [-0.39, 0.29) is 17.5 Å². The molecular weight excluding hydrogens is 244 g/mol. The maximum absolute atomic E-state index is 12.4. The number of ketones is 2. The predicted molar refractivity (Wildman–Crippen MR) is 70.1 cm³/mol.